The summed E-state index contributed by atoms with van der Waals surface area (Å²) < 4.78 is 5.22. The summed E-state index contributed by atoms with van der Waals surface area (Å²) in [6.45, 7) is 0. The number of amides is 2. The number of methoxy groups -OCH3 is 1. The number of fused-ring (bicyclic) bond motifs is 1. The molecular weight excluding hydrogens is 304 g/mol. The predicted octanol–water partition coefficient (Wildman–Crippen LogP) is 3.22. The van der Waals surface area contributed by atoms with Gasteiger partial charge in [0.15, 0.2) is 0 Å². The molecule has 1 heterocycles. The molecule has 0 saturated heterocycles. The van der Waals surface area contributed by atoms with Gasteiger partial charge in [-0.05, 0) is 36.6 Å². The van der Waals surface area contributed by atoms with Crippen LogP contribution < -0.4 is 15.4 Å². The summed E-state index contributed by atoms with van der Waals surface area (Å²) in [7, 11) is 1.56. The van der Waals surface area contributed by atoms with E-state index in [-0.39, 0.29) is 24.2 Å². The maximum atomic E-state index is 12.2. The molecule has 0 radical (unpaired) electrons. The lowest BCUT2D eigenvalue weighted by molar-refractivity contribution is -0.121. The molecule has 0 spiro atoms. The smallest absolute Gasteiger partial charge is 0.227 e. The van der Waals surface area contributed by atoms with Crippen molar-refractivity contribution in [1.82, 2.24) is 0 Å². The number of nitrogens with one attached hydrogen (secondary N) is 2. The number of hydrogen-bond donors (Lipinski definition) is 2. The third-order valence-corrected chi connectivity index (χ3v) is 4.21. The molecule has 5 nitrogen and oxygen atoms in total. The van der Waals surface area contributed by atoms with Gasteiger partial charge in [-0.2, -0.15) is 0 Å². The molecule has 1 atom stereocenters. The van der Waals surface area contributed by atoms with Crippen LogP contribution in [0.3, 0.4) is 0 Å². The number of hydrogen-bond acceptors (Lipinski definition) is 3. The first-order chi connectivity index (χ1) is 11.7. The van der Waals surface area contributed by atoms with E-state index in [1.54, 1.807) is 19.2 Å². The van der Waals surface area contributed by atoms with Gasteiger partial charge in [-0.1, -0.05) is 30.3 Å². The zero-order chi connectivity index (χ0) is 16.9. The van der Waals surface area contributed by atoms with E-state index < -0.39 is 0 Å². The van der Waals surface area contributed by atoms with Crippen molar-refractivity contribution in [3.8, 4) is 5.75 Å². The lowest BCUT2D eigenvalue weighted by Crippen LogP contribution is -2.30. The average molecular weight is 324 g/mol. The third-order valence-electron chi connectivity index (χ3n) is 4.21. The summed E-state index contributed by atoms with van der Waals surface area (Å²) in [5.41, 5.74) is 2.63. The van der Waals surface area contributed by atoms with Gasteiger partial charge in [0.2, 0.25) is 11.8 Å². The molecular formula is C19H20N2O3. The molecule has 1 aliphatic heterocycles. The van der Waals surface area contributed by atoms with E-state index in [9.17, 15) is 9.59 Å². The Morgan fingerprint density at radius 3 is 2.79 bits per heavy atom. The van der Waals surface area contributed by atoms with Gasteiger partial charge in [0.25, 0.3) is 0 Å². The molecule has 0 fully saturated rings. The fraction of sp³-hybridized carbons (Fsp3) is 0.263. The van der Waals surface area contributed by atoms with E-state index >= 15 is 0 Å². The van der Waals surface area contributed by atoms with Crippen LogP contribution in [0.1, 0.15) is 18.4 Å². The van der Waals surface area contributed by atoms with E-state index in [0.717, 1.165) is 11.3 Å². The molecule has 2 amide bonds. The summed E-state index contributed by atoms with van der Waals surface area (Å²) in [6, 6.07) is 15.0. The molecule has 1 aliphatic rings. The van der Waals surface area contributed by atoms with Crippen molar-refractivity contribution in [2.75, 3.05) is 17.7 Å². The first kappa shape index (κ1) is 16.1. The minimum atomic E-state index is -0.177. The van der Waals surface area contributed by atoms with Gasteiger partial charge in [0.1, 0.15) is 5.75 Å². The quantitative estimate of drug-likeness (QED) is 0.887. The van der Waals surface area contributed by atoms with E-state index in [1.807, 2.05) is 36.4 Å². The molecule has 0 aliphatic carbocycles. The Balaban J connectivity index is 1.58. The van der Waals surface area contributed by atoms with Crippen LogP contribution in [-0.2, 0) is 16.0 Å². The Kier molecular flexibility index (Phi) is 4.79. The molecule has 0 saturated carbocycles. The second-order valence-electron chi connectivity index (χ2n) is 5.83. The van der Waals surface area contributed by atoms with Crippen LogP contribution >= 0.6 is 0 Å². The van der Waals surface area contributed by atoms with Crippen molar-refractivity contribution < 1.29 is 14.3 Å². The molecule has 5 heteroatoms. The fourth-order valence-corrected chi connectivity index (χ4v) is 2.91. The van der Waals surface area contributed by atoms with Gasteiger partial charge < -0.3 is 15.4 Å². The van der Waals surface area contributed by atoms with Crippen molar-refractivity contribution >= 4 is 23.2 Å². The molecule has 1 unspecified atom stereocenters. The first-order valence-corrected chi connectivity index (χ1v) is 7.99. The fourth-order valence-electron chi connectivity index (χ4n) is 2.91. The van der Waals surface area contributed by atoms with Gasteiger partial charge in [-0.15, -0.1) is 0 Å². The summed E-state index contributed by atoms with van der Waals surface area (Å²) in [4.78, 5) is 24.3. The minimum absolute atomic E-state index is 0.0150. The minimum Gasteiger partial charge on any atom is -0.495 e. The first-order valence-electron chi connectivity index (χ1n) is 7.99. The molecule has 3 rings (SSSR count). The molecule has 0 bridgehead atoms. The molecule has 2 aromatic rings. The Labute approximate surface area is 141 Å². The van der Waals surface area contributed by atoms with Crippen molar-refractivity contribution in [3.05, 3.63) is 54.1 Å². The molecule has 24 heavy (non-hydrogen) atoms. The van der Waals surface area contributed by atoms with E-state index in [1.165, 1.54) is 0 Å². The van der Waals surface area contributed by atoms with Crippen LogP contribution in [0.4, 0.5) is 11.4 Å². The second kappa shape index (κ2) is 7.17. The molecule has 2 aromatic carbocycles. The Hall–Kier alpha value is -2.82. The van der Waals surface area contributed by atoms with Gasteiger partial charge in [-0.25, -0.2) is 0 Å². The number of carbonyl (C=O) groups is 2. The normalized spacial score (nSPS) is 16.0. The van der Waals surface area contributed by atoms with Crippen LogP contribution in [-0.4, -0.2) is 18.9 Å². The number of ether oxygens (including phenoxy) is 1. The lowest BCUT2D eigenvalue weighted by Gasteiger charge is -2.24. The summed E-state index contributed by atoms with van der Waals surface area (Å²) >= 11 is 0. The Bertz CT molecular complexity index is 758. The van der Waals surface area contributed by atoms with Crippen LogP contribution in [0.25, 0.3) is 0 Å². The maximum Gasteiger partial charge on any atom is 0.227 e. The SMILES string of the molecule is COc1ccccc1NC(=O)CCC1Cc2ccccc2NC1=O. The number of carbonyl (C=O) groups excluding carboxylic acids is 2. The van der Waals surface area contributed by atoms with E-state index in [2.05, 4.69) is 10.6 Å². The number of anilines is 2. The van der Waals surface area contributed by atoms with E-state index in [4.69, 9.17) is 4.74 Å². The van der Waals surface area contributed by atoms with Crippen molar-refractivity contribution in [1.29, 1.82) is 0 Å². The van der Waals surface area contributed by atoms with Crippen molar-refractivity contribution in [3.63, 3.8) is 0 Å². The van der Waals surface area contributed by atoms with Crippen LogP contribution in [0, 0.1) is 5.92 Å². The number of rotatable bonds is 5. The molecule has 0 aromatic heterocycles. The van der Waals surface area contributed by atoms with Gasteiger partial charge >= 0.3 is 0 Å². The second-order valence-corrected chi connectivity index (χ2v) is 5.83. The van der Waals surface area contributed by atoms with Gasteiger partial charge in [-0.3, -0.25) is 9.59 Å². The zero-order valence-electron chi connectivity index (χ0n) is 13.5. The van der Waals surface area contributed by atoms with Gasteiger partial charge in [0, 0.05) is 18.0 Å². The highest BCUT2D eigenvalue weighted by atomic mass is 16.5. The van der Waals surface area contributed by atoms with Crippen LogP contribution in [0.15, 0.2) is 48.5 Å². The predicted molar refractivity (Wildman–Crippen MR) is 93.1 cm³/mol. The summed E-state index contributed by atoms with van der Waals surface area (Å²) in [6.07, 6.45) is 1.48. The highest BCUT2D eigenvalue weighted by Gasteiger charge is 2.26. The summed E-state index contributed by atoms with van der Waals surface area (Å²) in [5, 5.41) is 5.75. The Morgan fingerprint density at radius 1 is 1.21 bits per heavy atom. The van der Waals surface area contributed by atoms with Crippen LogP contribution in [0.5, 0.6) is 5.75 Å². The average Bonchev–Trinajstić information content (AvgIpc) is 2.60. The highest BCUT2D eigenvalue weighted by Crippen LogP contribution is 2.28. The third kappa shape index (κ3) is 3.56. The topological polar surface area (TPSA) is 67.4 Å². The van der Waals surface area contributed by atoms with E-state index in [0.29, 0.717) is 24.3 Å². The zero-order valence-corrected chi connectivity index (χ0v) is 13.5. The standard InChI is InChI=1S/C19H20N2O3/c1-24-17-9-5-4-8-16(17)20-18(22)11-10-14-12-13-6-2-3-7-15(13)21-19(14)23/h2-9,14H,10-12H2,1H3,(H,20,22)(H,21,23). The van der Waals surface area contributed by atoms with Crippen molar-refractivity contribution in [2.45, 2.75) is 19.3 Å². The number of para-hydroxylation sites is 3. The number of benzene rings is 2. The van der Waals surface area contributed by atoms with Crippen LogP contribution in [0.2, 0.25) is 0 Å². The molecule has 2 N–H and O–H groups in total. The monoisotopic (exact) mass is 324 g/mol. The Morgan fingerprint density at radius 2 is 1.96 bits per heavy atom. The highest BCUT2D eigenvalue weighted by molar-refractivity contribution is 5.97. The van der Waals surface area contributed by atoms with Crippen molar-refractivity contribution in [2.24, 2.45) is 5.92 Å². The molecule has 124 valence electrons. The summed E-state index contributed by atoms with van der Waals surface area (Å²) in [5.74, 6) is 0.309. The lowest BCUT2D eigenvalue weighted by atomic mass is 9.89. The van der Waals surface area contributed by atoms with Gasteiger partial charge in [0.05, 0.1) is 12.8 Å². The largest absolute Gasteiger partial charge is 0.495 e. The maximum absolute atomic E-state index is 12.2.